The van der Waals surface area contributed by atoms with Crippen LogP contribution < -0.4 is 15.4 Å². The molecule has 0 atom stereocenters. The maximum absolute atomic E-state index is 12.2. The number of amides is 2. The molecule has 0 aliphatic heterocycles. The molecule has 0 fully saturated rings. The number of aromatic nitrogens is 3. The summed E-state index contributed by atoms with van der Waals surface area (Å²) < 4.78 is 7.18. The molecule has 3 aromatic rings. The number of carbonyl (C=O) groups is 1. The van der Waals surface area contributed by atoms with Gasteiger partial charge in [0, 0.05) is 42.8 Å². The molecule has 0 bridgehead atoms. The first-order valence-electron chi connectivity index (χ1n) is 8.27. The minimum Gasteiger partial charge on any atom is -0.496 e. The van der Waals surface area contributed by atoms with Crippen LogP contribution in [0.3, 0.4) is 0 Å². The van der Waals surface area contributed by atoms with Gasteiger partial charge in [-0.05, 0) is 19.1 Å². The van der Waals surface area contributed by atoms with E-state index >= 15 is 0 Å². The first-order valence-corrected chi connectivity index (χ1v) is 8.27. The molecule has 2 aromatic heterocycles. The summed E-state index contributed by atoms with van der Waals surface area (Å²) in [5.41, 5.74) is 1.82. The number of methoxy groups -OCH3 is 1. The van der Waals surface area contributed by atoms with E-state index in [-0.39, 0.29) is 6.03 Å². The Balaban J connectivity index is 1.61. The zero-order chi connectivity index (χ0) is 18.4. The van der Waals surface area contributed by atoms with E-state index in [4.69, 9.17) is 4.74 Å². The first-order chi connectivity index (χ1) is 12.7. The Morgan fingerprint density at radius 2 is 1.77 bits per heavy atom. The average Bonchev–Trinajstić information content (AvgIpc) is 3.11. The highest BCUT2D eigenvalue weighted by atomic mass is 16.5. The summed E-state index contributed by atoms with van der Waals surface area (Å²) in [5.74, 6) is 2.34. The van der Waals surface area contributed by atoms with Crippen LogP contribution >= 0.6 is 0 Å². The molecule has 0 spiro atoms. The Labute approximate surface area is 152 Å². The number of benzene rings is 1. The van der Waals surface area contributed by atoms with Crippen molar-refractivity contribution in [2.45, 2.75) is 20.0 Å². The third-order valence-corrected chi connectivity index (χ3v) is 3.99. The van der Waals surface area contributed by atoms with E-state index in [9.17, 15) is 4.79 Å². The van der Waals surface area contributed by atoms with E-state index in [0.29, 0.717) is 13.1 Å². The summed E-state index contributed by atoms with van der Waals surface area (Å²) in [5, 5.41) is 5.70. The Morgan fingerprint density at radius 3 is 2.50 bits per heavy atom. The average molecular weight is 351 g/mol. The van der Waals surface area contributed by atoms with Gasteiger partial charge in [-0.25, -0.2) is 14.8 Å². The van der Waals surface area contributed by atoms with Gasteiger partial charge in [0.25, 0.3) is 0 Å². The fourth-order valence-electron chi connectivity index (χ4n) is 2.65. The van der Waals surface area contributed by atoms with Gasteiger partial charge < -0.3 is 15.4 Å². The van der Waals surface area contributed by atoms with Crippen LogP contribution in [0.15, 0.2) is 55.0 Å². The van der Waals surface area contributed by atoms with Crippen molar-refractivity contribution < 1.29 is 9.53 Å². The predicted octanol–water partition coefficient (Wildman–Crippen LogP) is 2.58. The number of hydrogen-bond acceptors (Lipinski definition) is 4. The molecule has 0 saturated carbocycles. The standard InChI is InChI=1S/C19H21N5O2/c1-14-20-10-11-24(14)18-16(7-5-9-21-18)13-23-19(25)22-12-15-6-3-4-8-17(15)26-2/h3-11H,12-13H2,1-2H3,(H2,22,23,25). The van der Waals surface area contributed by atoms with Crippen LogP contribution in [0, 0.1) is 6.92 Å². The van der Waals surface area contributed by atoms with Crippen molar-refractivity contribution in [2.24, 2.45) is 0 Å². The molecule has 2 N–H and O–H groups in total. The summed E-state index contributed by atoms with van der Waals surface area (Å²) >= 11 is 0. The lowest BCUT2D eigenvalue weighted by atomic mass is 10.2. The summed E-state index contributed by atoms with van der Waals surface area (Å²) in [6.07, 6.45) is 5.30. The summed E-state index contributed by atoms with van der Waals surface area (Å²) in [4.78, 5) is 20.8. The number of urea groups is 1. The molecule has 0 radical (unpaired) electrons. The molecule has 0 unspecified atom stereocenters. The molecule has 0 saturated heterocycles. The number of imidazole rings is 1. The molecule has 2 heterocycles. The molecule has 0 aliphatic carbocycles. The van der Waals surface area contributed by atoms with E-state index in [0.717, 1.165) is 28.5 Å². The van der Waals surface area contributed by atoms with Gasteiger partial charge in [-0.2, -0.15) is 0 Å². The molecule has 7 nitrogen and oxygen atoms in total. The Morgan fingerprint density at radius 1 is 1.04 bits per heavy atom. The first kappa shape index (κ1) is 17.5. The Bertz CT molecular complexity index is 891. The monoisotopic (exact) mass is 351 g/mol. The van der Waals surface area contributed by atoms with Gasteiger partial charge in [-0.15, -0.1) is 0 Å². The molecule has 7 heteroatoms. The molecular formula is C19H21N5O2. The minimum absolute atomic E-state index is 0.256. The maximum Gasteiger partial charge on any atom is 0.315 e. The highest BCUT2D eigenvalue weighted by molar-refractivity contribution is 5.74. The van der Waals surface area contributed by atoms with Crippen LogP contribution in [0.4, 0.5) is 4.79 Å². The van der Waals surface area contributed by atoms with Gasteiger partial charge in [-0.3, -0.25) is 4.57 Å². The molecule has 3 rings (SSSR count). The highest BCUT2D eigenvalue weighted by Gasteiger charge is 2.10. The van der Waals surface area contributed by atoms with Crippen molar-refractivity contribution in [2.75, 3.05) is 7.11 Å². The number of nitrogens with zero attached hydrogens (tertiary/aromatic N) is 3. The van der Waals surface area contributed by atoms with Crippen molar-refractivity contribution in [3.05, 3.63) is 71.9 Å². The van der Waals surface area contributed by atoms with Crippen LogP contribution in [0.2, 0.25) is 0 Å². The second kappa shape index (κ2) is 8.15. The topological polar surface area (TPSA) is 81.1 Å². The van der Waals surface area contributed by atoms with Gasteiger partial charge in [0.1, 0.15) is 17.4 Å². The number of aryl methyl sites for hydroxylation is 1. The SMILES string of the molecule is COc1ccccc1CNC(=O)NCc1cccnc1-n1ccnc1C. The van der Waals surface area contributed by atoms with Crippen molar-refractivity contribution >= 4 is 6.03 Å². The summed E-state index contributed by atoms with van der Waals surface area (Å²) in [6.45, 7) is 2.65. The third-order valence-electron chi connectivity index (χ3n) is 3.99. The minimum atomic E-state index is -0.256. The van der Waals surface area contributed by atoms with Crippen LogP contribution in [-0.4, -0.2) is 27.7 Å². The summed E-state index contributed by atoms with van der Waals surface area (Å²) in [7, 11) is 1.61. The van der Waals surface area contributed by atoms with Crippen molar-refractivity contribution in [3.63, 3.8) is 0 Å². The zero-order valence-corrected chi connectivity index (χ0v) is 14.8. The van der Waals surface area contributed by atoms with Gasteiger partial charge >= 0.3 is 6.03 Å². The fraction of sp³-hybridized carbons (Fsp3) is 0.211. The van der Waals surface area contributed by atoms with Gasteiger partial charge in [0.05, 0.1) is 7.11 Å². The largest absolute Gasteiger partial charge is 0.496 e. The smallest absolute Gasteiger partial charge is 0.315 e. The van der Waals surface area contributed by atoms with E-state index in [1.165, 1.54) is 0 Å². The van der Waals surface area contributed by atoms with Gasteiger partial charge in [0.15, 0.2) is 0 Å². The van der Waals surface area contributed by atoms with Crippen LogP contribution in [0.25, 0.3) is 5.82 Å². The molecule has 0 aliphatic rings. The Kier molecular flexibility index (Phi) is 5.48. The number of hydrogen-bond donors (Lipinski definition) is 2. The molecule has 1 aromatic carbocycles. The predicted molar refractivity (Wildman–Crippen MR) is 98.2 cm³/mol. The lowest BCUT2D eigenvalue weighted by molar-refractivity contribution is 0.240. The fourth-order valence-corrected chi connectivity index (χ4v) is 2.65. The molecule has 26 heavy (non-hydrogen) atoms. The lowest BCUT2D eigenvalue weighted by Gasteiger charge is -2.13. The normalized spacial score (nSPS) is 10.4. The van der Waals surface area contributed by atoms with E-state index in [1.54, 1.807) is 19.5 Å². The number of para-hydroxylation sites is 1. The third kappa shape index (κ3) is 4.00. The Hall–Kier alpha value is -3.35. The van der Waals surface area contributed by atoms with Crippen LogP contribution in [-0.2, 0) is 13.1 Å². The van der Waals surface area contributed by atoms with E-state index in [2.05, 4.69) is 20.6 Å². The second-order valence-corrected chi connectivity index (χ2v) is 5.68. The van der Waals surface area contributed by atoms with E-state index in [1.807, 2.05) is 54.1 Å². The van der Waals surface area contributed by atoms with E-state index < -0.39 is 0 Å². The van der Waals surface area contributed by atoms with Crippen LogP contribution in [0.5, 0.6) is 5.75 Å². The van der Waals surface area contributed by atoms with Crippen LogP contribution in [0.1, 0.15) is 17.0 Å². The lowest BCUT2D eigenvalue weighted by Crippen LogP contribution is -2.35. The number of nitrogens with one attached hydrogen (secondary N) is 2. The molecule has 2 amide bonds. The van der Waals surface area contributed by atoms with Crippen molar-refractivity contribution in [1.29, 1.82) is 0 Å². The van der Waals surface area contributed by atoms with Crippen molar-refractivity contribution in [3.8, 4) is 11.6 Å². The number of rotatable bonds is 6. The van der Waals surface area contributed by atoms with Crippen molar-refractivity contribution in [1.82, 2.24) is 25.2 Å². The quantitative estimate of drug-likeness (QED) is 0.715. The number of pyridine rings is 1. The highest BCUT2D eigenvalue weighted by Crippen LogP contribution is 2.16. The molecule has 134 valence electrons. The van der Waals surface area contributed by atoms with Gasteiger partial charge in [-0.1, -0.05) is 24.3 Å². The maximum atomic E-state index is 12.2. The number of ether oxygens (including phenoxy) is 1. The molecular weight excluding hydrogens is 330 g/mol. The van der Waals surface area contributed by atoms with Gasteiger partial charge in [0.2, 0.25) is 0 Å². The second-order valence-electron chi connectivity index (χ2n) is 5.68. The summed E-state index contributed by atoms with van der Waals surface area (Å²) in [6, 6.07) is 11.1. The zero-order valence-electron chi connectivity index (χ0n) is 14.8. The number of carbonyl (C=O) groups excluding carboxylic acids is 1.